The average molecular weight is 376 g/mol. The molecule has 26 heavy (non-hydrogen) atoms. The molecule has 0 heterocycles. The van der Waals surface area contributed by atoms with Gasteiger partial charge < -0.3 is 16.4 Å². The summed E-state index contributed by atoms with van der Waals surface area (Å²) in [5.41, 5.74) is 7.53. The largest absolute Gasteiger partial charge is 0.347 e. The lowest BCUT2D eigenvalue weighted by Crippen LogP contribution is -2.40. The van der Waals surface area contributed by atoms with Crippen LogP contribution in [0.4, 0.5) is 5.69 Å². The first-order valence-electron chi connectivity index (χ1n) is 8.28. The zero-order valence-corrected chi connectivity index (χ0v) is 16.1. The first kappa shape index (κ1) is 21.7. The van der Waals surface area contributed by atoms with Gasteiger partial charge >= 0.3 is 0 Å². The Morgan fingerprint density at radius 2 is 1.58 bits per heavy atom. The first-order chi connectivity index (χ1) is 11.8. The van der Waals surface area contributed by atoms with E-state index in [1.165, 1.54) is 0 Å². The number of amides is 2. The van der Waals surface area contributed by atoms with Gasteiger partial charge in [0.05, 0.1) is 5.92 Å². The second-order valence-corrected chi connectivity index (χ2v) is 6.97. The Labute approximate surface area is 160 Å². The van der Waals surface area contributed by atoms with Crippen LogP contribution < -0.4 is 16.4 Å². The van der Waals surface area contributed by atoms with Gasteiger partial charge in [0.2, 0.25) is 5.91 Å². The number of rotatable bonds is 5. The summed E-state index contributed by atoms with van der Waals surface area (Å²) in [4.78, 5) is 24.6. The Kier molecular flexibility index (Phi) is 7.80. The van der Waals surface area contributed by atoms with Gasteiger partial charge in [0, 0.05) is 23.3 Å². The number of carbonyl (C=O) groups is 2. The van der Waals surface area contributed by atoms with Crippen LogP contribution in [-0.2, 0) is 4.79 Å². The molecule has 0 spiro atoms. The number of nitrogens with one attached hydrogen (secondary N) is 2. The van der Waals surface area contributed by atoms with Gasteiger partial charge in [-0.15, -0.1) is 12.4 Å². The van der Waals surface area contributed by atoms with Crippen LogP contribution in [0.1, 0.15) is 42.6 Å². The van der Waals surface area contributed by atoms with E-state index in [0.717, 1.165) is 5.56 Å². The van der Waals surface area contributed by atoms with E-state index in [0.29, 0.717) is 11.3 Å². The van der Waals surface area contributed by atoms with Gasteiger partial charge in [-0.25, -0.2) is 0 Å². The maximum atomic E-state index is 12.5. The van der Waals surface area contributed by atoms with Crippen LogP contribution in [0.5, 0.6) is 0 Å². The highest BCUT2D eigenvalue weighted by Crippen LogP contribution is 2.18. The number of halogens is 1. The smallest absolute Gasteiger partial charge is 0.251 e. The summed E-state index contributed by atoms with van der Waals surface area (Å²) in [5.74, 6) is -0.722. The van der Waals surface area contributed by atoms with E-state index >= 15 is 0 Å². The van der Waals surface area contributed by atoms with Gasteiger partial charge in [0.1, 0.15) is 0 Å². The number of anilines is 1. The third kappa shape index (κ3) is 6.17. The monoisotopic (exact) mass is 375 g/mol. The van der Waals surface area contributed by atoms with Gasteiger partial charge in [-0.1, -0.05) is 30.3 Å². The molecule has 0 aliphatic carbocycles. The number of hydrogen-bond acceptors (Lipinski definition) is 3. The lowest BCUT2D eigenvalue weighted by molar-refractivity contribution is -0.117. The summed E-state index contributed by atoms with van der Waals surface area (Å²) in [5, 5.41) is 5.76. The molecule has 0 aliphatic heterocycles. The normalized spacial score (nSPS) is 11.8. The minimum Gasteiger partial charge on any atom is -0.347 e. The third-order valence-corrected chi connectivity index (χ3v) is 3.66. The first-order valence-corrected chi connectivity index (χ1v) is 8.28. The molecule has 5 nitrogen and oxygen atoms in total. The minimum absolute atomic E-state index is 0. The number of carbonyl (C=O) groups excluding carboxylic acids is 2. The van der Waals surface area contributed by atoms with E-state index in [1.54, 1.807) is 24.3 Å². The molecule has 2 aromatic carbocycles. The van der Waals surface area contributed by atoms with Crippen LogP contribution in [0.2, 0.25) is 0 Å². The van der Waals surface area contributed by atoms with E-state index in [-0.39, 0.29) is 36.3 Å². The van der Waals surface area contributed by atoms with Crippen LogP contribution in [-0.4, -0.2) is 23.9 Å². The van der Waals surface area contributed by atoms with Crippen molar-refractivity contribution in [3.8, 4) is 0 Å². The molecule has 1 atom stereocenters. The summed E-state index contributed by atoms with van der Waals surface area (Å²) < 4.78 is 0. The molecule has 0 saturated heterocycles. The predicted octanol–water partition coefficient (Wildman–Crippen LogP) is 3.32. The SMILES string of the molecule is CC(C)(C)NC(=O)c1ccc(NC(=O)C(CN)c2ccccc2)cc1.Cl. The minimum atomic E-state index is -0.412. The van der Waals surface area contributed by atoms with Crippen LogP contribution >= 0.6 is 12.4 Å². The molecular formula is C20H26ClN3O2. The molecule has 0 aliphatic rings. The molecule has 4 N–H and O–H groups in total. The molecule has 0 bridgehead atoms. The number of nitrogens with two attached hydrogens (primary N) is 1. The maximum absolute atomic E-state index is 12.5. The fourth-order valence-corrected chi connectivity index (χ4v) is 2.43. The molecule has 6 heteroatoms. The lowest BCUT2D eigenvalue weighted by atomic mass is 9.98. The van der Waals surface area contributed by atoms with E-state index in [1.807, 2.05) is 51.1 Å². The summed E-state index contributed by atoms with van der Waals surface area (Å²) in [6.07, 6.45) is 0. The molecule has 0 saturated carbocycles. The maximum Gasteiger partial charge on any atom is 0.251 e. The summed E-state index contributed by atoms with van der Waals surface area (Å²) >= 11 is 0. The van der Waals surface area contributed by atoms with Crippen molar-refractivity contribution < 1.29 is 9.59 Å². The van der Waals surface area contributed by atoms with Crippen LogP contribution in [0.3, 0.4) is 0 Å². The molecule has 1 unspecified atom stereocenters. The topological polar surface area (TPSA) is 84.2 Å². The molecule has 2 amide bonds. The van der Waals surface area contributed by atoms with Gasteiger partial charge in [0.15, 0.2) is 0 Å². The second kappa shape index (κ2) is 9.36. The summed E-state index contributed by atoms with van der Waals surface area (Å²) in [6, 6.07) is 16.3. The zero-order valence-electron chi connectivity index (χ0n) is 15.3. The Bertz CT molecular complexity index is 725. The van der Waals surface area contributed by atoms with Gasteiger partial charge in [-0.2, -0.15) is 0 Å². The summed E-state index contributed by atoms with van der Waals surface area (Å²) in [7, 11) is 0. The standard InChI is InChI=1S/C20H25N3O2.ClH/c1-20(2,3)23-18(24)15-9-11-16(12-10-15)22-19(25)17(13-21)14-7-5-4-6-8-14;/h4-12,17H,13,21H2,1-3H3,(H,22,25)(H,23,24);1H. The molecular weight excluding hydrogens is 350 g/mol. The van der Waals surface area contributed by atoms with Crippen molar-refractivity contribution >= 4 is 29.9 Å². The van der Waals surface area contributed by atoms with Crippen molar-refractivity contribution in [3.05, 3.63) is 65.7 Å². The predicted molar refractivity (Wildman–Crippen MR) is 108 cm³/mol. The van der Waals surface area contributed by atoms with Crippen LogP contribution in [0, 0.1) is 0 Å². The highest BCUT2D eigenvalue weighted by atomic mass is 35.5. The molecule has 0 fully saturated rings. The zero-order chi connectivity index (χ0) is 18.4. The van der Waals surface area contributed by atoms with Crippen LogP contribution in [0.25, 0.3) is 0 Å². The van der Waals surface area contributed by atoms with E-state index in [4.69, 9.17) is 5.73 Å². The van der Waals surface area contributed by atoms with Crippen molar-refractivity contribution in [2.75, 3.05) is 11.9 Å². The fraction of sp³-hybridized carbons (Fsp3) is 0.300. The molecule has 140 valence electrons. The molecule has 0 aromatic heterocycles. The van der Waals surface area contributed by atoms with Crippen molar-refractivity contribution in [1.82, 2.24) is 5.32 Å². The summed E-state index contributed by atoms with van der Waals surface area (Å²) in [6.45, 7) is 6.00. The second-order valence-electron chi connectivity index (χ2n) is 6.97. The number of benzene rings is 2. The van der Waals surface area contributed by atoms with E-state index in [9.17, 15) is 9.59 Å². The Morgan fingerprint density at radius 1 is 1.00 bits per heavy atom. The Hall–Kier alpha value is -2.37. The average Bonchev–Trinajstić information content (AvgIpc) is 2.55. The highest BCUT2D eigenvalue weighted by molar-refractivity contribution is 5.98. The van der Waals surface area contributed by atoms with Crippen molar-refractivity contribution in [3.63, 3.8) is 0 Å². The third-order valence-electron chi connectivity index (χ3n) is 3.66. The van der Waals surface area contributed by atoms with Gasteiger partial charge in [0.25, 0.3) is 5.91 Å². The van der Waals surface area contributed by atoms with E-state index < -0.39 is 5.92 Å². The van der Waals surface area contributed by atoms with Crippen molar-refractivity contribution in [2.45, 2.75) is 32.2 Å². The van der Waals surface area contributed by atoms with Gasteiger partial charge in [-0.05, 0) is 50.6 Å². The quantitative estimate of drug-likeness (QED) is 0.749. The molecule has 2 rings (SSSR count). The molecule has 2 aromatic rings. The lowest BCUT2D eigenvalue weighted by Gasteiger charge is -2.20. The fourth-order valence-electron chi connectivity index (χ4n) is 2.43. The molecule has 0 radical (unpaired) electrons. The van der Waals surface area contributed by atoms with E-state index in [2.05, 4.69) is 10.6 Å². The highest BCUT2D eigenvalue weighted by Gasteiger charge is 2.19. The van der Waals surface area contributed by atoms with Crippen molar-refractivity contribution in [2.24, 2.45) is 5.73 Å². The van der Waals surface area contributed by atoms with Gasteiger partial charge in [-0.3, -0.25) is 9.59 Å². The van der Waals surface area contributed by atoms with Crippen molar-refractivity contribution in [1.29, 1.82) is 0 Å². The van der Waals surface area contributed by atoms with Crippen LogP contribution in [0.15, 0.2) is 54.6 Å². The Morgan fingerprint density at radius 3 is 2.08 bits per heavy atom. The number of hydrogen-bond donors (Lipinski definition) is 3. The Balaban J connectivity index is 0.00000338.